The molecule has 29 heavy (non-hydrogen) atoms. The van der Waals surface area contributed by atoms with Gasteiger partial charge in [0.15, 0.2) is 5.65 Å². The van der Waals surface area contributed by atoms with Crippen LogP contribution in [0.25, 0.3) is 16.9 Å². The van der Waals surface area contributed by atoms with E-state index in [1.165, 1.54) is 19.2 Å². The van der Waals surface area contributed by atoms with Crippen molar-refractivity contribution < 1.29 is 9.66 Å². The molecule has 4 aromatic rings. The Labute approximate surface area is 170 Å². The van der Waals surface area contributed by atoms with Crippen molar-refractivity contribution in [2.24, 2.45) is 0 Å². The van der Waals surface area contributed by atoms with Crippen LogP contribution >= 0.6 is 11.6 Å². The van der Waals surface area contributed by atoms with Crippen molar-refractivity contribution in [3.8, 4) is 17.1 Å². The predicted molar refractivity (Wildman–Crippen MR) is 110 cm³/mol. The van der Waals surface area contributed by atoms with E-state index in [4.69, 9.17) is 16.3 Å². The van der Waals surface area contributed by atoms with Gasteiger partial charge in [-0.25, -0.2) is 4.98 Å². The van der Waals surface area contributed by atoms with Crippen LogP contribution in [0.15, 0.2) is 60.7 Å². The molecule has 0 bridgehead atoms. The van der Waals surface area contributed by atoms with Crippen molar-refractivity contribution in [1.82, 2.24) is 14.6 Å². The second-order valence-corrected chi connectivity index (χ2v) is 6.61. The Balaban J connectivity index is 1.66. The summed E-state index contributed by atoms with van der Waals surface area (Å²) < 4.78 is 7.11. The van der Waals surface area contributed by atoms with Crippen molar-refractivity contribution in [1.29, 1.82) is 0 Å². The number of imidazole rings is 1. The first-order valence-electron chi connectivity index (χ1n) is 8.72. The van der Waals surface area contributed by atoms with Crippen LogP contribution in [0, 0.1) is 10.1 Å². The normalized spacial score (nSPS) is 10.8. The van der Waals surface area contributed by atoms with E-state index in [-0.39, 0.29) is 5.69 Å². The Bertz CT molecular complexity index is 1190. The fourth-order valence-electron chi connectivity index (χ4n) is 2.95. The SMILES string of the molecule is COc1c(-c2ccc([N+](=O)[O-])cc2)nc2ccc(NCc3ccccc3Cl)nn12. The number of aromatic nitrogens is 3. The van der Waals surface area contributed by atoms with E-state index >= 15 is 0 Å². The Kier molecular flexibility index (Phi) is 5.01. The number of nitro benzene ring substituents is 1. The number of hydrogen-bond acceptors (Lipinski definition) is 6. The smallest absolute Gasteiger partial charge is 0.269 e. The average molecular weight is 410 g/mol. The quantitative estimate of drug-likeness (QED) is 0.370. The summed E-state index contributed by atoms with van der Waals surface area (Å²) >= 11 is 6.20. The lowest BCUT2D eigenvalue weighted by molar-refractivity contribution is -0.384. The first-order chi connectivity index (χ1) is 14.1. The minimum absolute atomic E-state index is 0.0145. The lowest BCUT2D eigenvalue weighted by Gasteiger charge is -2.08. The Morgan fingerprint density at radius 1 is 1.14 bits per heavy atom. The number of benzene rings is 2. The number of fused-ring (bicyclic) bond motifs is 1. The summed E-state index contributed by atoms with van der Waals surface area (Å²) in [4.78, 5) is 15.0. The zero-order valence-electron chi connectivity index (χ0n) is 15.4. The molecule has 0 aliphatic heterocycles. The topological polar surface area (TPSA) is 94.6 Å². The van der Waals surface area contributed by atoms with Crippen LogP contribution in [0.5, 0.6) is 5.88 Å². The molecule has 2 aromatic heterocycles. The summed E-state index contributed by atoms with van der Waals surface area (Å²) in [7, 11) is 1.53. The van der Waals surface area contributed by atoms with E-state index in [0.717, 1.165) is 5.56 Å². The second kappa shape index (κ2) is 7.76. The van der Waals surface area contributed by atoms with Crippen LogP contribution in [0.4, 0.5) is 11.5 Å². The molecule has 0 fully saturated rings. The van der Waals surface area contributed by atoms with Crippen molar-refractivity contribution >= 4 is 28.8 Å². The maximum Gasteiger partial charge on any atom is 0.269 e. The van der Waals surface area contributed by atoms with Crippen molar-refractivity contribution in [2.45, 2.75) is 6.54 Å². The lowest BCUT2D eigenvalue weighted by Crippen LogP contribution is -2.05. The van der Waals surface area contributed by atoms with Crippen LogP contribution in [-0.4, -0.2) is 26.6 Å². The third-order valence-corrected chi connectivity index (χ3v) is 4.77. The van der Waals surface area contributed by atoms with E-state index in [9.17, 15) is 10.1 Å². The van der Waals surface area contributed by atoms with E-state index in [2.05, 4.69) is 15.4 Å². The van der Waals surface area contributed by atoms with Gasteiger partial charge in [0.25, 0.3) is 5.69 Å². The molecule has 1 N–H and O–H groups in total. The van der Waals surface area contributed by atoms with Crippen molar-refractivity contribution in [3.63, 3.8) is 0 Å². The maximum atomic E-state index is 10.9. The number of nitro groups is 1. The van der Waals surface area contributed by atoms with Gasteiger partial charge in [0.05, 0.1) is 12.0 Å². The number of rotatable bonds is 6. The zero-order valence-corrected chi connectivity index (χ0v) is 16.1. The van der Waals surface area contributed by atoms with E-state index < -0.39 is 4.92 Å². The molecule has 0 aliphatic carbocycles. The van der Waals surface area contributed by atoms with Gasteiger partial charge >= 0.3 is 0 Å². The highest BCUT2D eigenvalue weighted by molar-refractivity contribution is 6.31. The molecule has 2 aromatic carbocycles. The largest absolute Gasteiger partial charge is 0.479 e. The minimum Gasteiger partial charge on any atom is -0.479 e. The van der Waals surface area contributed by atoms with Gasteiger partial charge in [-0.15, -0.1) is 5.10 Å². The van der Waals surface area contributed by atoms with Gasteiger partial charge in [-0.1, -0.05) is 29.8 Å². The van der Waals surface area contributed by atoms with Gasteiger partial charge in [0.1, 0.15) is 11.5 Å². The fraction of sp³-hybridized carbons (Fsp3) is 0.100. The van der Waals surface area contributed by atoms with Crippen LogP contribution in [0.1, 0.15) is 5.56 Å². The van der Waals surface area contributed by atoms with Crippen molar-refractivity contribution in [2.75, 3.05) is 12.4 Å². The molecular formula is C20H16ClN5O3. The van der Waals surface area contributed by atoms with Crippen LogP contribution in [0.3, 0.4) is 0 Å². The molecule has 146 valence electrons. The van der Waals surface area contributed by atoms with Gasteiger partial charge in [-0.3, -0.25) is 10.1 Å². The highest BCUT2D eigenvalue weighted by Crippen LogP contribution is 2.31. The van der Waals surface area contributed by atoms with Crippen LogP contribution in [0.2, 0.25) is 5.02 Å². The molecule has 9 heteroatoms. The molecule has 0 amide bonds. The van der Waals surface area contributed by atoms with Gasteiger partial charge in [-0.2, -0.15) is 4.52 Å². The van der Waals surface area contributed by atoms with Gasteiger partial charge in [-0.05, 0) is 35.9 Å². The molecule has 0 saturated heterocycles. The fourth-order valence-corrected chi connectivity index (χ4v) is 3.15. The number of nitrogens with one attached hydrogen (secondary N) is 1. The molecule has 0 saturated carbocycles. The lowest BCUT2D eigenvalue weighted by atomic mass is 10.1. The van der Waals surface area contributed by atoms with E-state index in [0.29, 0.717) is 40.2 Å². The second-order valence-electron chi connectivity index (χ2n) is 6.21. The number of nitrogens with zero attached hydrogens (tertiary/aromatic N) is 4. The predicted octanol–water partition coefficient (Wildman–Crippen LogP) is 4.58. The molecule has 0 radical (unpaired) electrons. The minimum atomic E-state index is -0.441. The summed E-state index contributed by atoms with van der Waals surface area (Å²) in [5.74, 6) is 1.07. The van der Waals surface area contributed by atoms with Gasteiger partial charge < -0.3 is 10.1 Å². The van der Waals surface area contributed by atoms with E-state index in [1.807, 2.05) is 36.4 Å². The number of methoxy groups -OCH3 is 1. The highest BCUT2D eigenvalue weighted by atomic mass is 35.5. The summed E-state index contributed by atoms with van der Waals surface area (Å²) in [6, 6.07) is 17.4. The molecule has 0 aliphatic rings. The number of halogens is 1. The van der Waals surface area contributed by atoms with E-state index in [1.54, 1.807) is 16.6 Å². The zero-order chi connectivity index (χ0) is 20.4. The van der Waals surface area contributed by atoms with Crippen molar-refractivity contribution in [3.05, 3.63) is 81.4 Å². The van der Waals surface area contributed by atoms with Crippen LogP contribution in [-0.2, 0) is 6.54 Å². The third kappa shape index (κ3) is 3.70. The number of anilines is 1. The molecule has 8 nitrogen and oxygen atoms in total. The molecule has 0 unspecified atom stereocenters. The summed E-state index contributed by atoms with van der Waals surface area (Å²) in [6.45, 7) is 0.518. The summed E-state index contributed by atoms with van der Waals surface area (Å²) in [6.07, 6.45) is 0. The first kappa shape index (κ1) is 18.7. The molecule has 2 heterocycles. The maximum absolute atomic E-state index is 10.9. The van der Waals surface area contributed by atoms with Gasteiger partial charge in [0, 0.05) is 29.3 Å². The molecule has 4 rings (SSSR count). The Morgan fingerprint density at radius 3 is 2.59 bits per heavy atom. The molecule has 0 spiro atoms. The number of ether oxygens (including phenoxy) is 1. The average Bonchev–Trinajstić information content (AvgIpc) is 3.11. The van der Waals surface area contributed by atoms with Crippen LogP contribution < -0.4 is 10.1 Å². The number of non-ortho nitro benzene ring substituents is 1. The monoisotopic (exact) mass is 409 g/mol. The Morgan fingerprint density at radius 2 is 1.90 bits per heavy atom. The summed E-state index contributed by atoms with van der Waals surface area (Å²) in [5, 5.41) is 19.3. The molecule has 0 atom stereocenters. The standard InChI is InChI=1S/C20H16ClN5O3/c1-29-20-19(13-6-8-15(9-7-13)26(27)28)23-18-11-10-17(24-25(18)20)22-12-14-4-2-3-5-16(14)21/h2-11H,12H2,1H3,(H,22,24). The Hall–Kier alpha value is -3.65. The highest BCUT2D eigenvalue weighted by Gasteiger charge is 2.17. The first-order valence-corrected chi connectivity index (χ1v) is 9.10. The summed E-state index contributed by atoms with van der Waals surface area (Å²) in [5.41, 5.74) is 2.82. The number of hydrogen-bond donors (Lipinski definition) is 1. The third-order valence-electron chi connectivity index (χ3n) is 4.40. The molecular weight excluding hydrogens is 394 g/mol. The van der Waals surface area contributed by atoms with Gasteiger partial charge in [0.2, 0.25) is 5.88 Å².